The zero-order chi connectivity index (χ0) is 13.9. The first-order valence-corrected chi connectivity index (χ1v) is 6.61. The molecule has 4 heteroatoms. The highest BCUT2D eigenvalue weighted by Gasteiger charge is 1.95. The summed E-state index contributed by atoms with van der Waals surface area (Å²) in [5, 5.41) is 14.0. The third kappa shape index (κ3) is 7.26. The Balaban J connectivity index is 2.19. The van der Waals surface area contributed by atoms with Gasteiger partial charge in [0.2, 0.25) is 0 Å². The van der Waals surface area contributed by atoms with Crippen LogP contribution in [0.4, 0.5) is 4.79 Å². The number of amides is 2. The molecule has 0 aliphatic heterocycles. The Bertz CT molecular complexity index is 416. The summed E-state index contributed by atoms with van der Waals surface area (Å²) >= 11 is 0. The Morgan fingerprint density at radius 3 is 2.89 bits per heavy atom. The third-order valence-electron chi connectivity index (χ3n) is 2.65. The Morgan fingerprint density at radius 1 is 1.32 bits per heavy atom. The first-order chi connectivity index (χ1) is 9.22. The summed E-state index contributed by atoms with van der Waals surface area (Å²) in [6.07, 6.45) is 6.10. The van der Waals surface area contributed by atoms with E-state index in [1.54, 1.807) is 6.20 Å². The lowest BCUT2D eigenvalue weighted by Gasteiger charge is -2.03. The molecule has 0 radical (unpaired) electrons. The predicted octanol–water partition coefficient (Wildman–Crippen LogP) is 2.43. The summed E-state index contributed by atoms with van der Waals surface area (Å²) < 4.78 is 0. The maximum absolute atomic E-state index is 11.4. The average Bonchev–Trinajstić information content (AvgIpc) is 2.38. The van der Waals surface area contributed by atoms with Crippen molar-refractivity contribution in [2.75, 3.05) is 13.2 Å². The van der Waals surface area contributed by atoms with Gasteiger partial charge >= 0.3 is 6.03 Å². The molecule has 0 unspecified atom stereocenters. The van der Waals surface area contributed by atoms with E-state index in [1.807, 2.05) is 37.3 Å². The van der Waals surface area contributed by atoms with Crippen molar-refractivity contribution in [3.8, 4) is 0 Å². The molecular formula is C15H22N2O2. The van der Waals surface area contributed by atoms with E-state index >= 15 is 0 Å². The lowest BCUT2D eigenvalue weighted by atomic mass is 10.1. The normalized spacial score (nSPS) is 10.6. The zero-order valence-electron chi connectivity index (χ0n) is 11.4. The van der Waals surface area contributed by atoms with Crippen LogP contribution < -0.4 is 10.6 Å². The van der Waals surface area contributed by atoms with Crippen molar-refractivity contribution in [3.63, 3.8) is 0 Å². The largest absolute Gasteiger partial charge is 0.396 e. The molecule has 1 aromatic rings. The maximum Gasteiger partial charge on any atom is 0.318 e. The van der Waals surface area contributed by atoms with Gasteiger partial charge in [-0.2, -0.15) is 0 Å². The molecule has 1 aromatic carbocycles. The third-order valence-corrected chi connectivity index (χ3v) is 2.65. The summed E-state index contributed by atoms with van der Waals surface area (Å²) in [4.78, 5) is 11.4. The van der Waals surface area contributed by atoms with E-state index < -0.39 is 0 Å². The number of benzene rings is 1. The summed E-state index contributed by atoms with van der Waals surface area (Å²) in [6, 6.07) is 7.84. The molecule has 0 spiro atoms. The van der Waals surface area contributed by atoms with Gasteiger partial charge in [-0.1, -0.05) is 29.8 Å². The van der Waals surface area contributed by atoms with Gasteiger partial charge in [0.15, 0.2) is 0 Å². The number of carbonyl (C=O) groups excluding carboxylic acids is 1. The van der Waals surface area contributed by atoms with E-state index in [9.17, 15) is 4.79 Å². The molecule has 1 rings (SSSR count). The summed E-state index contributed by atoms with van der Waals surface area (Å²) in [5.41, 5.74) is 2.25. The molecule has 104 valence electrons. The molecule has 0 saturated carbocycles. The molecule has 0 fully saturated rings. The molecule has 4 nitrogen and oxygen atoms in total. The highest BCUT2D eigenvalue weighted by Crippen LogP contribution is 2.04. The molecule has 19 heavy (non-hydrogen) atoms. The molecule has 0 aliphatic rings. The zero-order valence-corrected chi connectivity index (χ0v) is 11.4. The van der Waals surface area contributed by atoms with Gasteiger partial charge in [0.25, 0.3) is 0 Å². The van der Waals surface area contributed by atoms with Crippen LogP contribution in [-0.4, -0.2) is 24.3 Å². The molecule has 2 amide bonds. The van der Waals surface area contributed by atoms with Crippen LogP contribution in [0.15, 0.2) is 30.5 Å². The Hall–Kier alpha value is -1.81. The summed E-state index contributed by atoms with van der Waals surface area (Å²) in [6.45, 7) is 2.87. The van der Waals surface area contributed by atoms with Crippen molar-refractivity contribution < 1.29 is 9.90 Å². The van der Waals surface area contributed by atoms with Crippen molar-refractivity contribution in [1.29, 1.82) is 0 Å². The monoisotopic (exact) mass is 262 g/mol. The molecule has 3 N–H and O–H groups in total. The number of aliphatic hydroxyl groups is 1. The van der Waals surface area contributed by atoms with Crippen LogP contribution in [0, 0.1) is 6.92 Å². The van der Waals surface area contributed by atoms with Gasteiger partial charge in [-0.25, -0.2) is 4.79 Å². The van der Waals surface area contributed by atoms with Crippen LogP contribution in [0.3, 0.4) is 0 Å². The Morgan fingerprint density at radius 2 is 2.16 bits per heavy atom. The second-order valence-corrected chi connectivity index (χ2v) is 4.43. The molecule has 0 atom stereocenters. The van der Waals surface area contributed by atoms with Crippen LogP contribution in [0.5, 0.6) is 0 Å². The van der Waals surface area contributed by atoms with Crippen molar-refractivity contribution >= 4 is 12.1 Å². The quantitative estimate of drug-likeness (QED) is 0.661. The van der Waals surface area contributed by atoms with Crippen LogP contribution >= 0.6 is 0 Å². The second kappa shape index (κ2) is 9.16. The number of nitrogens with one attached hydrogen (secondary N) is 2. The maximum atomic E-state index is 11.4. The predicted molar refractivity (Wildman–Crippen MR) is 77.7 cm³/mol. The fourth-order valence-corrected chi connectivity index (χ4v) is 1.65. The average molecular weight is 262 g/mol. The summed E-state index contributed by atoms with van der Waals surface area (Å²) in [7, 11) is 0. The smallest absolute Gasteiger partial charge is 0.318 e. The van der Waals surface area contributed by atoms with Crippen LogP contribution in [0.25, 0.3) is 6.08 Å². The van der Waals surface area contributed by atoms with E-state index in [4.69, 9.17) is 5.11 Å². The fraction of sp³-hybridized carbons (Fsp3) is 0.400. The van der Waals surface area contributed by atoms with Crippen molar-refractivity contribution in [3.05, 3.63) is 41.6 Å². The van der Waals surface area contributed by atoms with Crippen LogP contribution in [0.1, 0.15) is 30.4 Å². The van der Waals surface area contributed by atoms with E-state index in [0.717, 1.165) is 24.8 Å². The first kappa shape index (κ1) is 15.2. The number of aryl methyl sites for hydroxylation is 1. The number of hydrogen-bond donors (Lipinski definition) is 3. The highest BCUT2D eigenvalue weighted by molar-refractivity contribution is 5.75. The standard InChI is InChI=1S/C15H22N2O2/c1-13-6-5-7-14(12-13)8-10-17-15(19)16-9-3-2-4-11-18/h5-8,10,12,18H,2-4,9,11H2,1H3,(H2,16,17,19)/b10-8+. The van der Waals surface area contributed by atoms with Gasteiger partial charge in [0.1, 0.15) is 0 Å². The minimum atomic E-state index is -0.201. The van der Waals surface area contributed by atoms with E-state index in [-0.39, 0.29) is 12.6 Å². The van der Waals surface area contributed by atoms with Crippen LogP contribution in [-0.2, 0) is 0 Å². The molecule has 0 bridgehead atoms. The molecule has 0 aromatic heterocycles. The molecular weight excluding hydrogens is 240 g/mol. The van der Waals surface area contributed by atoms with E-state index in [2.05, 4.69) is 10.6 Å². The lowest BCUT2D eigenvalue weighted by Crippen LogP contribution is -2.32. The van der Waals surface area contributed by atoms with Crippen molar-refractivity contribution in [1.82, 2.24) is 10.6 Å². The number of aliphatic hydroxyl groups excluding tert-OH is 1. The molecule has 0 saturated heterocycles. The van der Waals surface area contributed by atoms with Gasteiger partial charge in [-0.15, -0.1) is 0 Å². The van der Waals surface area contributed by atoms with Crippen molar-refractivity contribution in [2.24, 2.45) is 0 Å². The van der Waals surface area contributed by atoms with E-state index in [1.165, 1.54) is 5.56 Å². The minimum absolute atomic E-state index is 0.201. The van der Waals surface area contributed by atoms with Crippen molar-refractivity contribution in [2.45, 2.75) is 26.2 Å². The van der Waals surface area contributed by atoms with Gasteiger partial charge in [-0.05, 0) is 37.8 Å². The van der Waals surface area contributed by atoms with Gasteiger partial charge in [0, 0.05) is 19.4 Å². The van der Waals surface area contributed by atoms with E-state index in [0.29, 0.717) is 6.54 Å². The topological polar surface area (TPSA) is 61.4 Å². The van der Waals surface area contributed by atoms with Crippen LogP contribution in [0.2, 0.25) is 0 Å². The number of hydrogen-bond acceptors (Lipinski definition) is 2. The second-order valence-electron chi connectivity index (χ2n) is 4.43. The SMILES string of the molecule is Cc1cccc(/C=C/NC(=O)NCCCCCO)c1. The summed E-state index contributed by atoms with van der Waals surface area (Å²) in [5.74, 6) is 0. The highest BCUT2D eigenvalue weighted by atomic mass is 16.2. The van der Waals surface area contributed by atoms with Gasteiger partial charge in [-0.3, -0.25) is 0 Å². The van der Waals surface area contributed by atoms with Gasteiger partial charge in [0.05, 0.1) is 0 Å². The minimum Gasteiger partial charge on any atom is -0.396 e. The number of rotatable bonds is 7. The number of carbonyl (C=O) groups is 1. The fourth-order valence-electron chi connectivity index (χ4n) is 1.65. The molecule has 0 heterocycles. The Kier molecular flexibility index (Phi) is 7.35. The Labute approximate surface area is 114 Å². The number of urea groups is 1. The first-order valence-electron chi connectivity index (χ1n) is 6.61. The molecule has 0 aliphatic carbocycles. The van der Waals surface area contributed by atoms with Gasteiger partial charge < -0.3 is 15.7 Å². The lowest BCUT2D eigenvalue weighted by molar-refractivity contribution is 0.243. The number of unbranched alkanes of at least 4 members (excludes halogenated alkanes) is 2.